The van der Waals surface area contributed by atoms with Crippen molar-refractivity contribution in [3.8, 4) is 0 Å². The second-order valence-electron chi connectivity index (χ2n) is 6.62. The Balaban J connectivity index is 1.70. The first-order chi connectivity index (χ1) is 12.6. The zero-order valence-electron chi connectivity index (χ0n) is 14.1. The van der Waals surface area contributed by atoms with Crippen LogP contribution in [-0.2, 0) is 4.79 Å². The van der Waals surface area contributed by atoms with Gasteiger partial charge in [0.2, 0.25) is 0 Å². The maximum atomic E-state index is 11.3. The third-order valence-corrected chi connectivity index (χ3v) is 6.68. The first-order valence-corrected chi connectivity index (χ1v) is 10.3. The minimum atomic E-state index is -0.677. The predicted octanol–water partition coefficient (Wildman–Crippen LogP) is 4.94. The Bertz CT molecular complexity index is 934. The van der Waals surface area contributed by atoms with Crippen LogP contribution in [0.4, 0.5) is 0 Å². The number of pyridine rings is 1. The monoisotopic (exact) mass is 430 g/mol. The van der Waals surface area contributed by atoms with Crippen molar-refractivity contribution in [2.75, 3.05) is 13.1 Å². The van der Waals surface area contributed by atoms with Crippen molar-refractivity contribution in [1.29, 1.82) is 0 Å². The van der Waals surface area contributed by atoms with E-state index in [1.54, 1.807) is 11.3 Å². The van der Waals surface area contributed by atoms with Gasteiger partial charge in [-0.3, -0.25) is 14.7 Å². The summed E-state index contributed by atoms with van der Waals surface area (Å²) < 4.78 is 1.10. The first kappa shape index (κ1) is 17.6. The molecular formula is C20H19BrN2O2S. The third kappa shape index (κ3) is 3.54. The van der Waals surface area contributed by atoms with Gasteiger partial charge in [-0.25, -0.2) is 0 Å². The Morgan fingerprint density at radius 1 is 1.15 bits per heavy atom. The summed E-state index contributed by atoms with van der Waals surface area (Å²) in [4.78, 5) is 19.8. The highest BCUT2D eigenvalue weighted by Crippen LogP contribution is 2.37. The first-order valence-electron chi connectivity index (χ1n) is 8.69. The van der Waals surface area contributed by atoms with Gasteiger partial charge in [-0.1, -0.05) is 24.3 Å². The van der Waals surface area contributed by atoms with Crippen LogP contribution in [0.25, 0.3) is 10.9 Å². The smallest absolute Gasteiger partial charge is 0.306 e. The molecule has 1 fully saturated rings. The molecule has 26 heavy (non-hydrogen) atoms. The Kier molecular flexibility index (Phi) is 5.07. The van der Waals surface area contributed by atoms with Gasteiger partial charge in [0.1, 0.15) is 0 Å². The number of halogens is 1. The molecular weight excluding hydrogens is 412 g/mol. The number of hydrogen-bond donors (Lipinski definition) is 1. The standard InChI is InChI=1S/C20H19BrN2O2S/c21-18-8-7-17(26-18)19(23-11-9-14(10-12-23)20(24)25)16-6-5-13-3-1-2-4-15(13)22-16/h1-8,14,19H,9-12H2,(H,24,25). The summed E-state index contributed by atoms with van der Waals surface area (Å²) in [5.41, 5.74) is 2.01. The average Bonchev–Trinajstić information content (AvgIpc) is 3.08. The number of likely N-dealkylation sites (tertiary alicyclic amines) is 1. The summed E-state index contributed by atoms with van der Waals surface area (Å²) in [7, 11) is 0. The van der Waals surface area contributed by atoms with Crippen LogP contribution in [0.1, 0.15) is 29.5 Å². The van der Waals surface area contributed by atoms with Gasteiger partial charge in [0.15, 0.2) is 0 Å². The van der Waals surface area contributed by atoms with E-state index in [-0.39, 0.29) is 12.0 Å². The molecule has 1 atom stereocenters. The molecule has 0 aliphatic carbocycles. The van der Waals surface area contributed by atoms with E-state index < -0.39 is 5.97 Å². The zero-order valence-corrected chi connectivity index (χ0v) is 16.5. The van der Waals surface area contributed by atoms with E-state index in [1.165, 1.54) is 4.88 Å². The van der Waals surface area contributed by atoms with E-state index in [9.17, 15) is 9.90 Å². The molecule has 0 bridgehead atoms. The van der Waals surface area contributed by atoms with Gasteiger partial charge < -0.3 is 5.11 Å². The SMILES string of the molecule is O=C(O)C1CCN(C(c2ccc3ccccc3n2)c2ccc(Br)s2)CC1. The predicted molar refractivity (Wildman–Crippen MR) is 108 cm³/mol. The van der Waals surface area contributed by atoms with Crippen LogP contribution in [0, 0.1) is 5.92 Å². The molecule has 1 N–H and O–H groups in total. The minimum Gasteiger partial charge on any atom is -0.481 e. The molecule has 6 heteroatoms. The number of carboxylic acids is 1. The van der Waals surface area contributed by atoms with Crippen molar-refractivity contribution in [2.45, 2.75) is 18.9 Å². The third-order valence-electron chi connectivity index (χ3n) is 5.01. The molecule has 0 radical (unpaired) electrons. The molecule has 4 rings (SSSR count). The molecule has 1 aliphatic heterocycles. The Hall–Kier alpha value is -1.76. The number of carbonyl (C=O) groups is 1. The maximum Gasteiger partial charge on any atom is 0.306 e. The van der Waals surface area contributed by atoms with Gasteiger partial charge in [-0.15, -0.1) is 11.3 Å². The van der Waals surface area contributed by atoms with E-state index in [4.69, 9.17) is 4.98 Å². The molecule has 0 spiro atoms. The van der Waals surface area contributed by atoms with E-state index in [0.29, 0.717) is 12.8 Å². The molecule has 3 heterocycles. The van der Waals surface area contributed by atoms with Crippen molar-refractivity contribution < 1.29 is 9.90 Å². The van der Waals surface area contributed by atoms with Gasteiger partial charge in [-0.05, 0) is 66.1 Å². The number of thiophene rings is 1. The highest BCUT2D eigenvalue weighted by Gasteiger charge is 2.31. The summed E-state index contributed by atoms with van der Waals surface area (Å²) in [5, 5.41) is 10.4. The molecule has 1 aromatic carbocycles. The Morgan fingerprint density at radius 2 is 1.92 bits per heavy atom. The van der Waals surface area contributed by atoms with Crippen LogP contribution >= 0.6 is 27.3 Å². The number of fused-ring (bicyclic) bond motifs is 1. The number of para-hydroxylation sites is 1. The van der Waals surface area contributed by atoms with Crippen molar-refractivity contribution in [3.05, 3.63) is 62.9 Å². The second kappa shape index (κ2) is 7.47. The zero-order chi connectivity index (χ0) is 18.1. The number of hydrogen-bond acceptors (Lipinski definition) is 4. The van der Waals surface area contributed by atoms with Crippen LogP contribution in [0.2, 0.25) is 0 Å². The minimum absolute atomic E-state index is 0.0608. The second-order valence-corrected chi connectivity index (χ2v) is 9.12. The van der Waals surface area contributed by atoms with Gasteiger partial charge >= 0.3 is 5.97 Å². The number of nitrogens with zero attached hydrogens (tertiary/aromatic N) is 2. The van der Waals surface area contributed by atoms with Gasteiger partial charge in [0.25, 0.3) is 0 Å². The number of benzene rings is 1. The normalized spacial score (nSPS) is 17.4. The van der Waals surface area contributed by atoms with Crippen LogP contribution in [0.5, 0.6) is 0 Å². The number of carboxylic acid groups (broad SMARTS) is 1. The molecule has 1 aliphatic rings. The molecule has 4 nitrogen and oxygen atoms in total. The fourth-order valence-corrected chi connectivity index (χ4v) is 5.20. The van der Waals surface area contributed by atoms with Gasteiger partial charge in [-0.2, -0.15) is 0 Å². The fraction of sp³-hybridized carbons (Fsp3) is 0.300. The van der Waals surface area contributed by atoms with Crippen molar-refractivity contribution in [2.24, 2.45) is 5.92 Å². The largest absolute Gasteiger partial charge is 0.481 e. The highest BCUT2D eigenvalue weighted by molar-refractivity contribution is 9.11. The highest BCUT2D eigenvalue weighted by atomic mass is 79.9. The Labute approximate surface area is 164 Å². The summed E-state index contributed by atoms with van der Waals surface area (Å²) in [6, 6.07) is 16.6. The molecule has 1 unspecified atom stereocenters. The number of aliphatic carboxylic acids is 1. The van der Waals surface area contributed by atoms with Crippen LogP contribution in [0.3, 0.4) is 0 Å². The summed E-state index contributed by atoms with van der Waals surface area (Å²) >= 11 is 5.28. The topological polar surface area (TPSA) is 53.4 Å². The van der Waals surface area contributed by atoms with Gasteiger partial charge in [0, 0.05) is 10.3 Å². The molecule has 0 amide bonds. The molecule has 134 valence electrons. The van der Waals surface area contributed by atoms with E-state index in [1.807, 2.05) is 18.2 Å². The maximum absolute atomic E-state index is 11.3. The van der Waals surface area contributed by atoms with Crippen LogP contribution < -0.4 is 0 Å². The number of rotatable bonds is 4. The lowest BCUT2D eigenvalue weighted by Gasteiger charge is -2.35. The molecule has 2 aromatic heterocycles. The average molecular weight is 431 g/mol. The lowest BCUT2D eigenvalue weighted by molar-refractivity contribution is -0.143. The molecule has 3 aromatic rings. The van der Waals surface area contributed by atoms with Crippen molar-refractivity contribution in [1.82, 2.24) is 9.88 Å². The van der Waals surface area contributed by atoms with E-state index >= 15 is 0 Å². The summed E-state index contributed by atoms with van der Waals surface area (Å²) in [5.74, 6) is -0.907. The van der Waals surface area contributed by atoms with E-state index in [0.717, 1.165) is 33.5 Å². The summed E-state index contributed by atoms with van der Waals surface area (Å²) in [6.07, 6.45) is 1.37. The molecule has 0 saturated carbocycles. The van der Waals surface area contributed by atoms with Crippen LogP contribution in [-0.4, -0.2) is 34.0 Å². The number of piperidine rings is 1. The molecule has 1 saturated heterocycles. The van der Waals surface area contributed by atoms with E-state index in [2.05, 4.69) is 51.2 Å². The van der Waals surface area contributed by atoms with Gasteiger partial charge in [0.05, 0.1) is 27.0 Å². The lowest BCUT2D eigenvalue weighted by atomic mass is 9.95. The fourth-order valence-electron chi connectivity index (χ4n) is 3.63. The quantitative estimate of drug-likeness (QED) is 0.636. The Morgan fingerprint density at radius 3 is 2.62 bits per heavy atom. The van der Waals surface area contributed by atoms with Crippen molar-refractivity contribution >= 4 is 44.1 Å². The summed E-state index contributed by atoms with van der Waals surface area (Å²) in [6.45, 7) is 1.54. The van der Waals surface area contributed by atoms with Crippen molar-refractivity contribution in [3.63, 3.8) is 0 Å². The number of aromatic nitrogens is 1. The van der Waals surface area contributed by atoms with Crippen LogP contribution in [0.15, 0.2) is 52.3 Å². The lowest BCUT2D eigenvalue weighted by Crippen LogP contribution is -2.39.